The Morgan fingerprint density at radius 3 is 3.08 bits per heavy atom. The molecule has 68 valence electrons. The van der Waals surface area contributed by atoms with E-state index in [2.05, 4.69) is 15.6 Å². The number of carbonyl (C=O) groups is 1. The molecule has 1 aliphatic rings. The fourth-order valence-electron chi connectivity index (χ4n) is 1.13. The number of rotatable bonds is 1. The Labute approximate surface area is 71.4 Å². The highest BCUT2D eigenvalue weighted by molar-refractivity contribution is 5.79. The molecule has 4 N–H and O–H groups in total. The van der Waals surface area contributed by atoms with Crippen LogP contribution < -0.4 is 16.4 Å². The fourth-order valence-corrected chi connectivity index (χ4v) is 1.13. The summed E-state index contributed by atoms with van der Waals surface area (Å²) in [5.41, 5.74) is 5.46. The van der Waals surface area contributed by atoms with Crippen molar-refractivity contribution in [2.24, 2.45) is 10.7 Å². The highest BCUT2D eigenvalue weighted by atomic mass is 16.1. The van der Waals surface area contributed by atoms with E-state index in [9.17, 15) is 4.79 Å². The van der Waals surface area contributed by atoms with Crippen molar-refractivity contribution in [3.8, 4) is 0 Å². The fraction of sp³-hybridized carbons (Fsp3) is 0.714. The quantitative estimate of drug-likeness (QED) is 0.341. The van der Waals surface area contributed by atoms with E-state index >= 15 is 0 Å². The molecule has 1 unspecified atom stereocenters. The maximum atomic E-state index is 10.8. The molecule has 5 nitrogen and oxygen atoms in total. The SMILES string of the molecule is CN=C(N)NC1CCC(=O)NC1. The van der Waals surface area contributed by atoms with Crippen molar-refractivity contribution < 1.29 is 4.79 Å². The molecule has 1 saturated heterocycles. The van der Waals surface area contributed by atoms with Gasteiger partial charge < -0.3 is 16.4 Å². The number of nitrogens with zero attached hydrogens (tertiary/aromatic N) is 1. The van der Waals surface area contributed by atoms with Crippen molar-refractivity contribution >= 4 is 11.9 Å². The number of nitrogens with one attached hydrogen (secondary N) is 2. The van der Waals surface area contributed by atoms with E-state index in [1.807, 2.05) is 0 Å². The van der Waals surface area contributed by atoms with Crippen LogP contribution in [-0.2, 0) is 4.79 Å². The summed E-state index contributed by atoms with van der Waals surface area (Å²) in [7, 11) is 1.63. The van der Waals surface area contributed by atoms with Crippen LogP contribution in [-0.4, -0.2) is 31.5 Å². The van der Waals surface area contributed by atoms with E-state index in [-0.39, 0.29) is 11.9 Å². The maximum absolute atomic E-state index is 10.8. The highest BCUT2D eigenvalue weighted by Gasteiger charge is 2.17. The highest BCUT2D eigenvalue weighted by Crippen LogP contribution is 2.01. The zero-order valence-electron chi connectivity index (χ0n) is 7.13. The number of carbonyl (C=O) groups excluding carboxylic acids is 1. The van der Waals surface area contributed by atoms with Crippen LogP contribution in [0.1, 0.15) is 12.8 Å². The summed E-state index contributed by atoms with van der Waals surface area (Å²) >= 11 is 0. The van der Waals surface area contributed by atoms with Gasteiger partial charge in [-0.15, -0.1) is 0 Å². The van der Waals surface area contributed by atoms with E-state index in [4.69, 9.17) is 5.73 Å². The average molecular weight is 170 g/mol. The molecule has 1 aliphatic heterocycles. The Hall–Kier alpha value is -1.26. The van der Waals surface area contributed by atoms with Gasteiger partial charge in [0, 0.05) is 26.1 Å². The Bertz CT molecular complexity index is 192. The molecule has 0 aromatic heterocycles. The lowest BCUT2D eigenvalue weighted by Crippen LogP contribution is -2.49. The third kappa shape index (κ3) is 2.41. The predicted octanol–water partition coefficient (Wildman–Crippen LogP) is -1.20. The number of hydrogen-bond acceptors (Lipinski definition) is 2. The zero-order chi connectivity index (χ0) is 8.97. The molecular formula is C7H14N4O. The third-order valence-electron chi connectivity index (χ3n) is 1.86. The van der Waals surface area contributed by atoms with Crippen LogP contribution in [0.25, 0.3) is 0 Å². The van der Waals surface area contributed by atoms with E-state index in [0.29, 0.717) is 18.9 Å². The molecular weight excluding hydrogens is 156 g/mol. The van der Waals surface area contributed by atoms with Gasteiger partial charge in [0.2, 0.25) is 5.91 Å². The van der Waals surface area contributed by atoms with Crippen molar-refractivity contribution in [2.75, 3.05) is 13.6 Å². The molecule has 1 rings (SSSR count). The lowest BCUT2D eigenvalue weighted by atomic mass is 10.1. The number of hydrogen-bond donors (Lipinski definition) is 3. The minimum absolute atomic E-state index is 0.111. The van der Waals surface area contributed by atoms with Gasteiger partial charge in [0.25, 0.3) is 0 Å². The summed E-state index contributed by atoms with van der Waals surface area (Å²) in [5.74, 6) is 0.538. The molecule has 1 amide bonds. The Morgan fingerprint density at radius 1 is 1.83 bits per heavy atom. The molecule has 12 heavy (non-hydrogen) atoms. The standard InChI is InChI=1S/C7H14N4O/c1-9-7(8)11-5-2-3-6(12)10-4-5/h5H,2-4H2,1H3,(H,10,12)(H3,8,9,11). The van der Waals surface area contributed by atoms with E-state index in [1.165, 1.54) is 0 Å². The summed E-state index contributed by atoms with van der Waals surface area (Å²) in [6, 6.07) is 0.228. The third-order valence-corrected chi connectivity index (χ3v) is 1.86. The molecule has 0 radical (unpaired) electrons. The number of piperidine rings is 1. The van der Waals surface area contributed by atoms with E-state index in [0.717, 1.165) is 6.42 Å². The summed E-state index contributed by atoms with van der Waals surface area (Å²) in [6.45, 7) is 0.634. The molecule has 0 aliphatic carbocycles. The van der Waals surface area contributed by atoms with Gasteiger partial charge in [0.15, 0.2) is 5.96 Å². The summed E-state index contributed by atoms with van der Waals surface area (Å²) < 4.78 is 0. The molecule has 0 aromatic rings. The van der Waals surface area contributed by atoms with Gasteiger partial charge in [-0.2, -0.15) is 0 Å². The van der Waals surface area contributed by atoms with Gasteiger partial charge >= 0.3 is 0 Å². The normalized spacial score (nSPS) is 24.9. The molecule has 0 saturated carbocycles. The van der Waals surface area contributed by atoms with Crippen LogP contribution in [0.3, 0.4) is 0 Å². The zero-order valence-corrected chi connectivity index (χ0v) is 7.13. The van der Waals surface area contributed by atoms with Gasteiger partial charge in [-0.05, 0) is 6.42 Å². The van der Waals surface area contributed by atoms with Crippen molar-refractivity contribution in [1.82, 2.24) is 10.6 Å². The van der Waals surface area contributed by atoms with Crippen LogP contribution in [0.2, 0.25) is 0 Å². The molecule has 1 atom stereocenters. The van der Waals surface area contributed by atoms with Gasteiger partial charge in [-0.1, -0.05) is 0 Å². The van der Waals surface area contributed by atoms with Crippen LogP contribution in [0.4, 0.5) is 0 Å². The average Bonchev–Trinajstić information content (AvgIpc) is 2.09. The van der Waals surface area contributed by atoms with Crippen LogP contribution in [0.15, 0.2) is 4.99 Å². The lowest BCUT2D eigenvalue weighted by molar-refractivity contribution is -0.122. The lowest BCUT2D eigenvalue weighted by Gasteiger charge is -2.23. The minimum Gasteiger partial charge on any atom is -0.370 e. The predicted molar refractivity (Wildman–Crippen MR) is 46.7 cm³/mol. The number of guanidine groups is 1. The van der Waals surface area contributed by atoms with Gasteiger partial charge in [-0.3, -0.25) is 9.79 Å². The first-order valence-corrected chi connectivity index (χ1v) is 3.98. The first-order chi connectivity index (χ1) is 5.72. The smallest absolute Gasteiger partial charge is 0.220 e. The first-order valence-electron chi connectivity index (χ1n) is 3.98. The van der Waals surface area contributed by atoms with Crippen LogP contribution >= 0.6 is 0 Å². The van der Waals surface area contributed by atoms with Crippen LogP contribution in [0.5, 0.6) is 0 Å². The van der Waals surface area contributed by atoms with Crippen molar-refractivity contribution in [2.45, 2.75) is 18.9 Å². The second kappa shape index (κ2) is 3.94. The summed E-state index contributed by atoms with van der Waals surface area (Å²) in [4.78, 5) is 14.5. The Kier molecular flexibility index (Phi) is 2.90. The van der Waals surface area contributed by atoms with Gasteiger partial charge in [-0.25, -0.2) is 0 Å². The molecule has 1 fully saturated rings. The van der Waals surface area contributed by atoms with Gasteiger partial charge in [0.1, 0.15) is 0 Å². The number of nitrogens with two attached hydrogens (primary N) is 1. The molecule has 0 aromatic carbocycles. The minimum atomic E-state index is 0.111. The van der Waals surface area contributed by atoms with Crippen molar-refractivity contribution in [3.63, 3.8) is 0 Å². The number of amides is 1. The van der Waals surface area contributed by atoms with E-state index < -0.39 is 0 Å². The Balaban J connectivity index is 2.31. The largest absolute Gasteiger partial charge is 0.370 e. The van der Waals surface area contributed by atoms with Crippen molar-refractivity contribution in [3.05, 3.63) is 0 Å². The maximum Gasteiger partial charge on any atom is 0.220 e. The molecule has 0 spiro atoms. The van der Waals surface area contributed by atoms with Crippen molar-refractivity contribution in [1.29, 1.82) is 0 Å². The second-order valence-corrected chi connectivity index (χ2v) is 2.79. The topological polar surface area (TPSA) is 79.5 Å². The molecule has 5 heteroatoms. The summed E-state index contributed by atoms with van der Waals surface area (Å²) in [6.07, 6.45) is 1.39. The van der Waals surface area contributed by atoms with Gasteiger partial charge in [0.05, 0.1) is 0 Å². The number of aliphatic imine (C=N–C) groups is 1. The first kappa shape index (κ1) is 8.83. The van der Waals surface area contributed by atoms with Crippen LogP contribution in [0, 0.1) is 0 Å². The van der Waals surface area contributed by atoms with E-state index in [1.54, 1.807) is 7.05 Å². The Morgan fingerprint density at radius 2 is 2.58 bits per heavy atom. The summed E-state index contributed by atoms with van der Waals surface area (Å²) in [5, 5.41) is 5.75. The molecule has 0 bridgehead atoms. The monoisotopic (exact) mass is 170 g/mol. The molecule has 1 heterocycles. The second-order valence-electron chi connectivity index (χ2n) is 2.79.